The Labute approximate surface area is 106 Å². The van der Waals surface area contributed by atoms with Gasteiger partial charge in [-0.3, -0.25) is 0 Å². The lowest BCUT2D eigenvalue weighted by Gasteiger charge is -2.23. The van der Waals surface area contributed by atoms with Gasteiger partial charge >= 0.3 is 0 Å². The number of rotatable bonds is 4. The van der Waals surface area contributed by atoms with Crippen LogP contribution in [-0.4, -0.2) is 25.6 Å². The summed E-state index contributed by atoms with van der Waals surface area (Å²) in [6.45, 7) is 2.38. The maximum Gasteiger partial charge on any atom is 0.278 e. The molecule has 1 aliphatic rings. The van der Waals surface area contributed by atoms with Gasteiger partial charge in [0.1, 0.15) is 5.75 Å². The number of ether oxygens (including phenoxy) is 1. The molecule has 0 atom stereocenters. The fourth-order valence-electron chi connectivity index (χ4n) is 2.20. The zero-order valence-electron chi connectivity index (χ0n) is 10.6. The molecule has 1 fully saturated rings. The average molecular weight is 255 g/mol. The molecule has 0 saturated carbocycles. The van der Waals surface area contributed by atoms with Gasteiger partial charge in [0.25, 0.3) is 5.92 Å². The number of nitrogens with one attached hydrogen (secondary N) is 1. The Morgan fingerprint density at radius 1 is 1.22 bits per heavy atom. The zero-order valence-corrected chi connectivity index (χ0v) is 10.6. The summed E-state index contributed by atoms with van der Waals surface area (Å²) in [5, 5.41) is 3.32. The van der Waals surface area contributed by atoms with Crippen molar-refractivity contribution in [1.29, 1.82) is 0 Å². The third-order valence-electron chi connectivity index (χ3n) is 3.18. The van der Waals surface area contributed by atoms with E-state index >= 15 is 0 Å². The van der Waals surface area contributed by atoms with Crippen LogP contribution < -0.4 is 10.1 Å². The highest BCUT2D eigenvalue weighted by atomic mass is 19.3. The lowest BCUT2D eigenvalue weighted by molar-refractivity contribution is -0.0229. The molecule has 0 aliphatic carbocycles. The van der Waals surface area contributed by atoms with Crippen molar-refractivity contribution >= 4 is 0 Å². The van der Waals surface area contributed by atoms with Crippen LogP contribution in [0.1, 0.15) is 31.2 Å². The summed E-state index contributed by atoms with van der Waals surface area (Å²) in [5.41, 5.74) is 1.27. The molecule has 0 amide bonds. The van der Waals surface area contributed by atoms with E-state index in [1.807, 2.05) is 12.1 Å². The Balaban J connectivity index is 1.92. The van der Waals surface area contributed by atoms with Gasteiger partial charge in [-0.1, -0.05) is 12.1 Å². The molecule has 2 rings (SSSR count). The van der Waals surface area contributed by atoms with E-state index in [4.69, 9.17) is 4.74 Å². The van der Waals surface area contributed by atoms with Crippen molar-refractivity contribution in [3.63, 3.8) is 0 Å². The van der Waals surface area contributed by atoms with Crippen molar-refractivity contribution in [2.75, 3.05) is 19.7 Å². The third-order valence-corrected chi connectivity index (χ3v) is 3.18. The van der Waals surface area contributed by atoms with Crippen LogP contribution in [0.5, 0.6) is 5.75 Å². The monoisotopic (exact) mass is 255 g/mol. The highest BCUT2D eigenvalue weighted by Gasteiger charge is 2.22. The normalized spacial score (nSPS) is 17.7. The molecule has 1 heterocycles. The van der Waals surface area contributed by atoms with Crippen LogP contribution in [0.15, 0.2) is 24.3 Å². The molecular formula is C14H19F2NO. The van der Waals surface area contributed by atoms with E-state index in [-0.39, 0.29) is 0 Å². The second kappa shape index (κ2) is 5.65. The largest absolute Gasteiger partial charge is 0.487 e. The Kier molecular flexibility index (Phi) is 4.17. The van der Waals surface area contributed by atoms with Crippen molar-refractivity contribution in [3.05, 3.63) is 29.8 Å². The Morgan fingerprint density at radius 3 is 2.39 bits per heavy atom. The number of halogens is 2. The molecule has 0 unspecified atom stereocenters. The van der Waals surface area contributed by atoms with Gasteiger partial charge in [-0.25, -0.2) is 8.78 Å². The van der Waals surface area contributed by atoms with Gasteiger partial charge in [0.2, 0.25) is 0 Å². The first-order valence-electron chi connectivity index (χ1n) is 6.36. The minimum absolute atomic E-state index is 0.509. The first-order valence-corrected chi connectivity index (χ1v) is 6.36. The Bertz CT molecular complexity index is 366. The standard InChI is InChI=1S/C14H19F2NO/c1-14(15,16)10-18-13-4-2-11(3-5-13)12-6-8-17-9-7-12/h2-5,12,17H,6-10H2,1H3. The molecule has 100 valence electrons. The first kappa shape index (κ1) is 13.3. The second-order valence-electron chi connectivity index (χ2n) is 4.95. The highest BCUT2D eigenvalue weighted by Crippen LogP contribution is 2.27. The number of benzene rings is 1. The lowest BCUT2D eigenvalue weighted by atomic mass is 9.90. The highest BCUT2D eigenvalue weighted by molar-refractivity contribution is 5.29. The van der Waals surface area contributed by atoms with Crippen molar-refractivity contribution in [1.82, 2.24) is 5.32 Å². The summed E-state index contributed by atoms with van der Waals surface area (Å²) in [5.74, 6) is -1.70. The predicted molar refractivity (Wildman–Crippen MR) is 67.4 cm³/mol. The van der Waals surface area contributed by atoms with Gasteiger partial charge < -0.3 is 10.1 Å². The number of hydrogen-bond acceptors (Lipinski definition) is 2. The van der Waals surface area contributed by atoms with Crippen molar-refractivity contribution in [2.45, 2.75) is 31.6 Å². The van der Waals surface area contributed by atoms with Crippen LogP contribution >= 0.6 is 0 Å². The minimum atomic E-state index is -2.78. The van der Waals surface area contributed by atoms with E-state index in [1.54, 1.807) is 12.1 Å². The van der Waals surface area contributed by atoms with E-state index in [0.29, 0.717) is 11.7 Å². The van der Waals surface area contributed by atoms with Crippen LogP contribution in [-0.2, 0) is 0 Å². The van der Waals surface area contributed by atoms with Gasteiger partial charge in [0, 0.05) is 6.92 Å². The zero-order chi connectivity index (χ0) is 13.0. The minimum Gasteiger partial charge on any atom is -0.487 e. The van der Waals surface area contributed by atoms with Crippen LogP contribution in [0.2, 0.25) is 0 Å². The maximum atomic E-state index is 12.6. The summed E-state index contributed by atoms with van der Waals surface area (Å²) in [6, 6.07) is 7.53. The molecule has 0 bridgehead atoms. The fourth-order valence-corrected chi connectivity index (χ4v) is 2.20. The van der Waals surface area contributed by atoms with Crippen LogP contribution in [0, 0.1) is 0 Å². The number of hydrogen-bond donors (Lipinski definition) is 1. The number of alkyl halides is 2. The summed E-state index contributed by atoms with van der Waals surface area (Å²) in [4.78, 5) is 0. The molecule has 4 heteroatoms. The van der Waals surface area contributed by atoms with Gasteiger partial charge in [0.05, 0.1) is 0 Å². The van der Waals surface area contributed by atoms with E-state index < -0.39 is 12.5 Å². The molecule has 1 aromatic carbocycles. The molecule has 0 spiro atoms. The van der Waals surface area contributed by atoms with E-state index in [2.05, 4.69) is 5.32 Å². The smallest absolute Gasteiger partial charge is 0.278 e. The SMILES string of the molecule is CC(F)(F)COc1ccc(C2CCNCC2)cc1. The predicted octanol–water partition coefficient (Wildman–Crippen LogP) is 3.19. The van der Waals surface area contributed by atoms with Crippen molar-refractivity contribution in [2.24, 2.45) is 0 Å². The van der Waals surface area contributed by atoms with Crippen molar-refractivity contribution < 1.29 is 13.5 Å². The van der Waals surface area contributed by atoms with E-state index in [1.165, 1.54) is 5.56 Å². The summed E-state index contributed by atoms with van der Waals surface area (Å²) in [6.07, 6.45) is 2.26. The fraction of sp³-hybridized carbons (Fsp3) is 0.571. The van der Waals surface area contributed by atoms with Gasteiger partial charge in [-0.15, -0.1) is 0 Å². The molecule has 1 N–H and O–H groups in total. The lowest BCUT2D eigenvalue weighted by Crippen LogP contribution is -2.26. The summed E-state index contributed by atoms with van der Waals surface area (Å²) < 4.78 is 30.3. The third kappa shape index (κ3) is 3.95. The number of piperidine rings is 1. The van der Waals surface area contributed by atoms with Crippen LogP contribution in [0.4, 0.5) is 8.78 Å². The van der Waals surface area contributed by atoms with Gasteiger partial charge in [-0.05, 0) is 49.5 Å². The Hall–Kier alpha value is -1.16. The van der Waals surface area contributed by atoms with Gasteiger partial charge in [-0.2, -0.15) is 0 Å². The molecule has 0 aromatic heterocycles. The maximum absolute atomic E-state index is 12.6. The topological polar surface area (TPSA) is 21.3 Å². The second-order valence-corrected chi connectivity index (χ2v) is 4.95. The quantitative estimate of drug-likeness (QED) is 0.892. The summed E-state index contributed by atoms with van der Waals surface area (Å²) >= 11 is 0. The molecule has 1 aliphatic heterocycles. The molecule has 1 saturated heterocycles. The van der Waals surface area contributed by atoms with Crippen LogP contribution in [0.25, 0.3) is 0 Å². The molecule has 2 nitrogen and oxygen atoms in total. The molecule has 0 radical (unpaired) electrons. The molecule has 18 heavy (non-hydrogen) atoms. The van der Waals surface area contributed by atoms with E-state index in [0.717, 1.165) is 32.9 Å². The average Bonchev–Trinajstić information content (AvgIpc) is 2.37. The van der Waals surface area contributed by atoms with Gasteiger partial charge in [0.15, 0.2) is 6.61 Å². The first-order chi connectivity index (χ1) is 8.54. The Morgan fingerprint density at radius 2 is 1.83 bits per heavy atom. The van der Waals surface area contributed by atoms with Crippen LogP contribution in [0.3, 0.4) is 0 Å². The molecular weight excluding hydrogens is 236 g/mol. The molecule has 1 aromatic rings. The summed E-state index contributed by atoms with van der Waals surface area (Å²) in [7, 11) is 0. The van der Waals surface area contributed by atoms with Crippen molar-refractivity contribution in [3.8, 4) is 5.75 Å². The van der Waals surface area contributed by atoms with E-state index in [9.17, 15) is 8.78 Å².